The summed E-state index contributed by atoms with van der Waals surface area (Å²) < 4.78 is 0. The number of amides is 18. The first-order valence-electron chi connectivity index (χ1n) is 43.5. The molecule has 1 aliphatic heterocycles. The van der Waals surface area contributed by atoms with E-state index >= 15 is 0 Å². The summed E-state index contributed by atoms with van der Waals surface area (Å²) in [6, 6.07) is -21.7. The number of carboxylic acid groups (broad SMARTS) is 2. The van der Waals surface area contributed by atoms with Crippen LogP contribution in [0.2, 0.25) is 0 Å². The average molecular weight is 1900 g/mol. The van der Waals surface area contributed by atoms with E-state index in [9.17, 15) is 137 Å². The Kier molecular flexibility index (Phi) is 49.0. The van der Waals surface area contributed by atoms with Crippen LogP contribution in [0.3, 0.4) is 0 Å². The first-order valence-corrected chi connectivity index (χ1v) is 43.5. The van der Waals surface area contributed by atoms with Gasteiger partial charge in [0.1, 0.15) is 102 Å². The van der Waals surface area contributed by atoms with Gasteiger partial charge >= 0.3 is 11.9 Å². The Labute approximate surface area is 771 Å². The lowest BCUT2D eigenvalue weighted by atomic mass is 9.96. The van der Waals surface area contributed by atoms with E-state index in [4.69, 9.17) is 22.6 Å². The number of imidazole rings is 1. The highest BCUT2D eigenvalue weighted by atomic mass is 16.4. The van der Waals surface area contributed by atoms with Crippen molar-refractivity contribution in [1.82, 2.24) is 105 Å². The molecule has 0 unspecified atom stereocenters. The van der Waals surface area contributed by atoms with E-state index in [-0.39, 0.29) is 81.8 Å². The largest absolute Gasteiger partial charge is 0.508 e. The SMILES string of the molecule is CC[C@H](C)[C@H](NC(=O)[C@H](CCCNC(=N)N)NC(=O)[C@@H](NC(=O)[C@@H]1CCCN1C(=O)[C@@H](N)Cc1ccc(O)cc1)C(C)C)C(=O)N[C@@H](CCC(=O)O)C(=O)N[C@@H](CO)C(=O)N[C@@H](CO)C(=O)N[C@@H](CO)C(=O)N[C@@H](C)C(=O)N[C@@H](CO)C(=O)N[C@@H](CC(C)C)C(=O)N[C@@H](C)C(=O)N[C@@H](CC(N)=O)C(=O)NCC(=O)N[C@@H](Cc1cnc[nH]1)C(=O)N[C@H](C(=O)N[C@@H](CC(C)C)C(=O)O)[C@@H](C)O. The Bertz CT molecular complexity index is 4370. The molecule has 2 aromatic rings. The minimum Gasteiger partial charge on any atom is -0.508 e. The maximum atomic E-state index is 14.5. The van der Waals surface area contributed by atoms with Crippen molar-refractivity contribution in [1.29, 1.82) is 5.41 Å². The maximum absolute atomic E-state index is 14.5. The molecule has 3 rings (SSSR count). The molecule has 0 aliphatic carbocycles. The minimum absolute atomic E-state index is 0.00471. The summed E-state index contributed by atoms with van der Waals surface area (Å²) in [4.78, 5) is 278. The average Bonchev–Trinajstić information content (AvgIpc) is 1.86. The van der Waals surface area contributed by atoms with Crippen LogP contribution in [0.1, 0.15) is 152 Å². The van der Waals surface area contributed by atoms with Gasteiger partial charge in [-0.15, -0.1) is 0 Å². The van der Waals surface area contributed by atoms with Crippen LogP contribution in [-0.4, -0.2) is 335 Å². The molecule has 1 aromatic carbocycles. The molecular weight excluding hydrogens is 1770 g/mol. The van der Waals surface area contributed by atoms with Crippen LogP contribution in [0.5, 0.6) is 5.75 Å². The van der Waals surface area contributed by atoms with Crippen LogP contribution in [0.25, 0.3) is 0 Å². The number of guanidine groups is 1. The lowest BCUT2D eigenvalue weighted by Gasteiger charge is -2.31. The van der Waals surface area contributed by atoms with E-state index in [2.05, 4.69) is 89.7 Å². The number of likely N-dealkylation sites (tertiary alicyclic amines) is 1. The van der Waals surface area contributed by atoms with Crippen molar-refractivity contribution < 1.29 is 137 Å². The molecule has 1 aromatic heterocycles. The first-order chi connectivity index (χ1) is 62.9. The highest BCUT2D eigenvalue weighted by Crippen LogP contribution is 2.22. The number of hydrogen-bond acceptors (Lipinski definition) is 29. The van der Waals surface area contributed by atoms with Gasteiger partial charge in [-0.05, 0) is 114 Å². The van der Waals surface area contributed by atoms with Crippen LogP contribution in [0.4, 0.5) is 0 Å². The van der Waals surface area contributed by atoms with Gasteiger partial charge in [-0.25, -0.2) is 9.78 Å². The third-order valence-corrected chi connectivity index (χ3v) is 21.1. The molecule has 18 amide bonds. The second-order valence-electron chi connectivity index (χ2n) is 33.5. The number of aromatic amines is 1. The van der Waals surface area contributed by atoms with E-state index in [1.807, 2.05) is 10.6 Å². The van der Waals surface area contributed by atoms with Crippen LogP contribution in [0.15, 0.2) is 36.8 Å². The zero-order valence-electron chi connectivity index (χ0n) is 76.5. The number of aliphatic carboxylic acids is 2. The number of phenolic OH excluding ortho intramolecular Hbond substituents is 1. The van der Waals surface area contributed by atoms with Crippen molar-refractivity contribution in [2.45, 2.75) is 262 Å². The van der Waals surface area contributed by atoms with E-state index < -0.39 is 303 Å². The lowest BCUT2D eigenvalue weighted by molar-refractivity contribution is -0.143. The summed E-state index contributed by atoms with van der Waals surface area (Å²) in [5, 5.41) is 128. The summed E-state index contributed by atoms with van der Waals surface area (Å²) in [6.07, 6.45) is -1.18. The number of nitrogens with two attached hydrogens (primary N) is 3. The molecule has 2 heterocycles. The molecular formula is C82H132N24O28. The molecule has 134 heavy (non-hydrogen) atoms. The van der Waals surface area contributed by atoms with E-state index in [1.54, 1.807) is 60.6 Å². The van der Waals surface area contributed by atoms with E-state index in [0.29, 0.717) is 12.0 Å². The van der Waals surface area contributed by atoms with Gasteiger partial charge in [0.15, 0.2) is 5.96 Å². The van der Waals surface area contributed by atoms with Crippen molar-refractivity contribution >= 4 is 124 Å². The first kappa shape index (κ1) is 115. The number of carbonyl (C=O) groups is 20. The molecule has 748 valence electrons. The molecule has 1 aliphatic rings. The molecule has 1 fully saturated rings. The van der Waals surface area contributed by atoms with Crippen LogP contribution in [0, 0.1) is 29.1 Å². The third kappa shape index (κ3) is 39.2. The molecule has 0 radical (unpaired) electrons. The van der Waals surface area contributed by atoms with Crippen molar-refractivity contribution in [2.24, 2.45) is 40.9 Å². The van der Waals surface area contributed by atoms with Gasteiger partial charge < -0.3 is 158 Å². The van der Waals surface area contributed by atoms with Gasteiger partial charge in [-0.1, -0.05) is 73.9 Å². The summed E-state index contributed by atoms with van der Waals surface area (Å²) in [5.41, 5.74) is 18.1. The Morgan fingerprint density at radius 2 is 0.940 bits per heavy atom. The number of aliphatic hydroxyl groups is 5. The van der Waals surface area contributed by atoms with Crippen LogP contribution < -0.4 is 108 Å². The number of nitrogens with one attached hydrogen (secondary N) is 19. The summed E-state index contributed by atoms with van der Waals surface area (Å²) in [5.74, 6) is -25.1. The van der Waals surface area contributed by atoms with Crippen molar-refractivity contribution in [3.05, 3.63) is 48.0 Å². The predicted molar refractivity (Wildman–Crippen MR) is 471 cm³/mol. The number of H-pyrrole nitrogens is 1. The summed E-state index contributed by atoms with van der Waals surface area (Å²) >= 11 is 0. The quantitative estimate of drug-likeness (QED) is 0.0166. The smallest absolute Gasteiger partial charge is 0.326 e. The molecule has 0 bridgehead atoms. The van der Waals surface area contributed by atoms with Gasteiger partial charge in [0, 0.05) is 37.8 Å². The lowest BCUT2D eigenvalue weighted by Crippen LogP contribution is -2.62. The topological polar surface area (TPSA) is 842 Å². The fourth-order valence-corrected chi connectivity index (χ4v) is 13.4. The number of aromatic nitrogens is 2. The Morgan fingerprint density at radius 1 is 0.500 bits per heavy atom. The van der Waals surface area contributed by atoms with E-state index in [0.717, 1.165) is 20.8 Å². The Balaban J connectivity index is 1.70. The number of benzene rings is 1. The molecule has 0 saturated carbocycles. The number of aliphatic hydroxyl groups excluding tert-OH is 5. The van der Waals surface area contributed by atoms with Gasteiger partial charge in [-0.2, -0.15) is 0 Å². The summed E-state index contributed by atoms with van der Waals surface area (Å²) in [7, 11) is 0. The van der Waals surface area contributed by atoms with Gasteiger partial charge in [0.05, 0.1) is 57.9 Å². The molecule has 52 nitrogen and oxygen atoms in total. The fourth-order valence-electron chi connectivity index (χ4n) is 13.4. The van der Waals surface area contributed by atoms with E-state index in [1.165, 1.54) is 36.5 Å². The predicted octanol–water partition coefficient (Wildman–Crippen LogP) is -11.1. The van der Waals surface area contributed by atoms with Crippen LogP contribution >= 0.6 is 0 Å². The Morgan fingerprint density at radius 3 is 1.41 bits per heavy atom. The van der Waals surface area contributed by atoms with Crippen molar-refractivity contribution in [3.8, 4) is 5.75 Å². The second-order valence-corrected chi connectivity index (χ2v) is 33.5. The number of phenols is 1. The second kappa shape index (κ2) is 57.2. The molecule has 0 spiro atoms. The van der Waals surface area contributed by atoms with Gasteiger partial charge in [0.25, 0.3) is 0 Å². The van der Waals surface area contributed by atoms with Gasteiger partial charge in [-0.3, -0.25) is 96.5 Å². The molecule has 19 atom stereocenters. The fraction of sp³-hybridized carbons (Fsp3) is 0.634. The number of carbonyl (C=O) groups excluding carboxylic acids is 18. The number of primary amides is 1. The number of nitrogens with zero attached hydrogens (tertiary/aromatic N) is 2. The number of rotatable bonds is 59. The minimum atomic E-state index is -2.07. The highest BCUT2D eigenvalue weighted by Gasteiger charge is 2.43. The maximum Gasteiger partial charge on any atom is 0.326 e. The molecule has 33 N–H and O–H groups in total. The number of hydrogen-bond donors (Lipinski definition) is 30. The number of carboxylic acids is 2. The van der Waals surface area contributed by atoms with Crippen LogP contribution in [-0.2, 0) is 109 Å². The monoisotopic (exact) mass is 1900 g/mol. The zero-order valence-corrected chi connectivity index (χ0v) is 76.5. The standard InChI is InChI=1S/C82H132N24O28/c1-12-40(8)63(104-69(121)48(15-13-23-88-82(85)86)94-77(129)62(39(6)7)103-76(128)58-16-14-24-106(58)80(132)47(83)27-44-17-19-46(112)20-18-44)78(130)95-49(21-22-61(115)116)68(120)100-56(34-109)74(126)102-57(35-110)75(127)101-54(32-107)72(124)92-42(10)66(118)99-55(33-108)73(125)97-50(25-37(2)3)70(122)91-41(9)65(117)96-52(29-59(84)113)67(119)89-31-60(114)93-51(28-45-30-87-36-90-45)71(123)105-64(43(11)111)79(131)98-53(81(133)134)26-38(4)5/h17-20,30,36-43,47-58,62-64,107-112H,12-16,21-29,31-35,83H2,1-11H3,(H2,84,113)(H,87,90)(H,89,119)(H,91,122)(H,92,124)(H,93,114)(H,94,129)(H,95,130)(H,96,117)(H,97,125)(H,98,131)(H,99,118)(H,100,120)(H,101,127)(H,102,126)(H,103,128)(H,104,121)(H,105,123)(H,115,116)(H,133,134)(H4,85,86,88)/t40-,41-,42-,43+,47-,48-,49-,50-,51-,52-,53-,54-,55-,56-,57-,58-,62-,63-,64-/m0/s1. The molecule has 1 saturated heterocycles. The highest BCUT2D eigenvalue weighted by molar-refractivity contribution is 6.02. The summed E-state index contributed by atoms with van der Waals surface area (Å²) in [6.45, 7) is 10.6. The normalized spacial score (nSPS) is 16.4. The van der Waals surface area contributed by atoms with Crippen molar-refractivity contribution in [2.75, 3.05) is 46.1 Å². The third-order valence-electron chi connectivity index (χ3n) is 21.1. The number of aromatic hydroxyl groups is 1. The van der Waals surface area contributed by atoms with Gasteiger partial charge in [0.2, 0.25) is 106 Å². The zero-order chi connectivity index (χ0) is 101. The Hall–Kier alpha value is -13.3. The van der Waals surface area contributed by atoms with Crippen molar-refractivity contribution in [3.63, 3.8) is 0 Å². The molecule has 52 heteroatoms.